The zero-order valence-corrected chi connectivity index (χ0v) is 7.21. The van der Waals surface area contributed by atoms with Crippen LogP contribution in [0.4, 0.5) is 0 Å². The molecule has 1 fully saturated rings. The van der Waals surface area contributed by atoms with E-state index in [4.69, 9.17) is 5.21 Å². The summed E-state index contributed by atoms with van der Waals surface area (Å²) in [4.78, 5) is 0. The molecule has 2 heteroatoms. The Morgan fingerprint density at radius 1 is 1.55 bits per heavy atom. The van der Waals surface area contributed by atoms with Crippen molar-refractivity contribution in [3.8, 4) is 0 Å². The molecule has 64 valence electrons. The SMILES string of the molecule is CCCCC1(CC=NO)CC1. The van der Waals surface area contributed by atoms with Gasteiger partial charge in [-0.2, -0.15) is 0 Å². The van der Waals surface area contributed by atoms with Gasteiger partial charge in [-0.1, -0.05) is 19.8 Å². The molecule has 0 radical (unpaired) electrons. The molecule has 0 atom stereocenters. The molecule has 1 aliphatic carbocycles. The highest BCUT2D eigenvalue weighted by molar-refractivity contribution is 5.58. The second kappa shape index (κ2) is 3.74. The van der Waals surface area contributed by atoms with E-state index in [1.807, 2.05) is 0 Å². The Morgan fingerprint density at radius 2 is 2.27 bits per heavy atom. The Kier molecular flexibility index (Phi) is 2.92. The Hall–Kier alpha value is -0.530. The van der Waals surface area contributed by atoms with Crippen molar-refractivity contribution >= 4 is 6.21 Å². The van der Waals surface area contributed by atoms with Crippen LogP contribution < -0.4 is 0 Å². The van der Waals surface area contributed by atoms with Gasteiger partial charge in [0.1, 0.15) is 0 Å². The Morgan fingerprint density at radius 3 is 2.73 bits per heavy atom. The predicted molar refractivity (Wildman–Crippen MR) is 46.1 cm³/mol. The summed E-state index contributed by atoms with van der Waals surface area (Å²) in [7, 11) is 0. The zero-order valence-electron chi connectivity index (χ0n) is 7.21. The van der Waals surface area contributed by atoms with Crippen molar-refractivity contribution in [3.05, 3.63) is 0 Å². The van der Waals surface area contributed by atoms with Gasteiger partial charge in [-0.25, -0.2) is 0 Å². The first-order chi connectivity index (χ1) is 5.33. The van der Waals surface area contributed by atoms with Crippen LogP contribution in [0.25, 0.3) is 0 Å². The molecule has 0 heterocycles. The molecule has 0 saturated heterocycles. The second-order valence-electron chi connectivity index (χ2n) is 3.61. The van der Waals surface area contributed by atoms with Crippen LogP contribution in [0.2, 0.25) is 0 Å². The molecule has 11 heavy (non-hydrogen) atoms. The fourth-order valence-corrected chi connectivity index (χ4v) is 1.52. The van der Waals surface area contributed by atoms with Crippen molar-refractivity contribution in [3.63, 3.8) is 0 Å². The molecule has 1 aliphatic rings. The van der Waals surface area contributed by atoms with Gasteiger partial charge in [0.15, 0.2) is 0 Å². The minimum atomic E-state index is 0.544. The van der Waals surface area contributed by atoms with Crippen molar-refractivity contribution in [1.29, 1.82) is 0 Å². The van der Waals surface area contributed by atoms with Crippen LogP contribution in [-0.4, -0.2) is 11.4 Å². The molecule has 0 spiro atoms. The summed E-state index contributed by atoms with van der Waals surface area (Å²) >= 11 is 0. The normalized spacial score (nSPS) is 20.8. The van der Waals surface area contributed by atoms with E-state index >= 15 is 0 Å². The first-order valence-corrected chi connectivity index (χ1v) is 4.49. The van der Waals surface area contributed by atoms with Crippen molar-refractivity contribution in [2.24, 2.45) is 10.6 Å². The average Bonchev–Trinajstić information content (AvgIpc) is 2.79. The molecular weight excluding hydrogens is 138 g/mol. The molecule has 0 aromatic carbocycles. The molecule has 0 aromatic rings. The Bertz CT molecular complexity index is 138. The number of nitrogens with zero attached hydrogens (tertiary/aromatic N) is 1. The van der Waals surface area contributed by atoms with E-state index in [9.17, 15) is 0 Å². The molecule has 0 bridgehead atoms. The smallest absolute Gasteiger partial charge is 0.0441 e. The summed E-state index contributed by atoms with van der Waals surface area (Å²) in [6.07, 6.45) is 9.19. The number of oxime groups is 1. The van der Waals surface area contributed by atoms with E-state index in [-0.39, 0.29) is 0 Å². The zero-order chi connectivity index (χ0) is 8.16. The molecule has 1 rings (SSSR count). The van der Waals surface area contributed by atoms with Crippen molar-refractivity contribution in [1.82, 2.24) is 0 Å². The van der Waals surface area contributed by atoms with Crippen LogP contribution in [0.5, 0.6) is 0 Å². The lowest BCUT2D eigenvalue weighted by Crippen LogP contribution is -2.00. The van der Waals surface area contributed by atoms with Crippen LogP contribution in [0, 0.1) is 5.41 Å². The number of hydrogen-bond acceptors (Lipinski definition) is 2. The fourth-order valence-electron chi connectivity index (χ4n) is 1.52. The highest BCUT2D eigenvalue weighted by atomic mass is 16.4. The lowest BCUT2D eigenvalue weighted by Gasteiger charge is -2.09. The van der Waals surface area contributed by atoms with E-state index in [1.54, 1.807) is 6.21 Å². The van der Waals surface area contributed by atoms with Crippen LogP contribution >= 0.6 is 0 Å². The van der Waals surface area contributed by atoms with Gasteiger partial charge in [0, 0.05) is 6.21 Å². The van der Waals surface area contributed by atoms with Crippen molar-refractivity contribution in [2.45, 2.75) is 45.4 Å². The number of hydrogen-bond donors (Lipinski definition) is 1. The van der Waals surface area contributed by atoms with Crippen LogP contribution in [0.1, 0.15) is 45.4 Å². The quantitative estimate of drug-likeness (QED) is 0.369. The van der Waals surface area contributed by atoms with E-state index in [1.165, 1.54) is 32.1 Å². The first kappa shape index (κ1) is 8.57. The van der Waals surface area contributed by atoms with Crippen LogP contribution in [-0.2, 0) is 0 Å². The Balaban J connectivity index is 2.18. The van der Waals surface area contributed by atoms with Crippen molar-refractivity contribution in [2.75, 3.05) is 0 Å². The summed E-state index contributed by atoms with van der Waals surface area (Å²) in [6, 6.07) is 0. The maximum atomic E-state index is 8.25. The second-order valence-corrected chi connectivity index (χ2v) is 3.61. The van der Waals surface area contributed by atoms with E-state index < -0.39 is 0 Å². The third-order valence-electron chi connectivity index (χ3n) is 2.62. The largest absolute Gasteiger partial charge is 0.411 e. The van der Waals surface area contributed by atoms with E-state index in [0.29, 0.717) is 5.41 Å². The van der Waals surface area contributed by atoms with Crippen molar-refractivity contribution < 1.29 is 5.21 Å². The van der Waals surface area contributed by atoms with Gasteiger partial charge in [-0.05, 0) is 31.1 Å². The summed E-state index contributed by atoms with van der Waals surface area (Å²) in [5, 5.41) is 11.3. The van der Waals surface area contributed by atoms with Gasteiger partial charge in [0.05, 0.1) is 0 Å². The molecule has 1 N–H and O–H groups in total. The van der Waals surface area contributed by atoms with Gasteiger partial charge in [-0.15, -0.1) is 5.16 Å². The van der Waals surface area contributed by atoms with Crippen LogP contribution in [0.15, 0.2) is 5.16 Å². The molecule has 0 amide bonds. The molecule has 0 aromatic heterocycles. The number of rotatable bonds is 5. The van der Waals surface area contributed by atoms with Gasteiger partial charge in [0.2, 0.25) is 0 Å². The lowest BCUT2D eigenvalue weighted by molar-refractivity contribution is 0.318. The maximum absolute atomic E-state index is 8.25. The van der Waals surface area contributed by atoms with E-state index in [2.05, 4.69) is 12.1 Å². The Labute approximate surface area is 68.3 Å². The van der Waals surface area contributed by atoms with Gasteiger partial charge < -0.3 is 5.21 Å². The minimum absolute atomic E-state index is 0.544. The monoisotopic (exact) mass is 155 g/mol. The predicted octanol–water partition coefficient (Wildman–Crippen LogP) is 2.81. The third kappa shape index (κ3) is 2.52. The summed E-state index contributed by atoms with van der Waals surface area (Å²) < 4.78 is 0. The third-order valence-corrected chi connectivity index (χ3v) is 2.62. The minimum Gasteiger partial charge on any atom is -0.411 e. The van der Waals surface area contributed by atoms with Crippen LogP contribution in [0.3, 0.4) is 0 Å². The van der Waals surface area contributed by atoms with Gasteiger partial charge >= 0.3 is 0 Å². The van der Waals surface area contributed by atoms with E-state index in [0.717, 1.165) is 6.42 Å². The molecule has 0 unspecified atom stereocenters. The standard InChI is InChI=1S/C9H17NO/c1-2-3-4-9(5-6-9)7-8-10-11/h8,11H,2-7H2,1H3. The first-order valence-electron chi connectivity index (χ1n) is 4.49. The molecule has 0 aliphatic heterocycles. The summed E-state index contributed by atoms with van der Waals surface area (Å²) in [5.41, 5.74) is 0.544. The topological polar surface area (TPSA) is 32.6 Å². The lowest BCUT2D eigenvalue weighted by atomic mass is 9.96. The highest BCUT2D eigenvalue weighted by Crippen LogP contribution is 2.52. The summed E-state index contributed by atoms with van der Waals surface area (Å²) in [6.45, 7) is 2.22. The fraction of sp³-hybridized carbons (Fsp3) is 0.889. The molecule has 2 nitrogen and oxygen atoms in total. The average molecular weight is 155 g/mol. The number of unbranched alkanes of at least 4 members (excludes halogenated alkanes) is 1. The molecular formula is C9H17NO. The molecule has 1 saturated carbocycles. The highest BCUT2D eigenvalue weighted by Gasteiger charge is 2.40. The van der Waals surface area contributed by atoms with Gasteiger partial charge in [0.25, 0.3) is 0 Å². The summed E-state index contributed by atoms with van der Waals surface area (Å²) in [5.74, 6) is 0. The van der Waals surface area contributed by atoms with Gasteiger partial charge in [-0.3, -0.25) is 0 Å². The maximum Gasteiger partial charge on any atom is 0.0441 e.